The van der Waals surface area contributed by atoms with Gasteiger partial charge in [0.05, 0.1) is 17.1 Å². The van der Waals surface area contributed by atoms with Crippen molar-refractivity contribution in [2.24, 2.45) is 4.99 Å². The third-order valence-electron chi connectivity index (χ3n) is 6.50. The normalized spacial score (nSPS) is 15.4. The minimum Gasteiger partial charge on any atom is -0.489 e. The van der Waals surface area contributed by atoms with E-state index >= 15 is 0 Å². The molecule has 0 aromatic heterocycles. The van der Waals surface area contributed by atoms with Crippen molar-refractivity contribution in [3.05, 3.63) is 149 Å². The van der Waals surface area contributed by atoms with Crippen LogP contribution in [-0.2, 0) is 17.9 Å². The van der Waals surface area contributed by atoms with Crippen molar-refractivity contribution >= 4 is 45.4 Å². The minimum absolute atomic E-state index is 0.0465. The van der Waals surface area contributed by atoms with E-state index in [-0.39, 0.29) is 5.91 Å². The van der Waals surface area contributed by atoms with Gasteiger partial charge in [0.25, 0.3) is 5.91 Å². The number of amidine groups is 1. The first-order chi connectivity index (χ1) is 19.2. The fraction of sp³-hybridized carbons (Fsp3) is 0.0588. The fourth-order valence-corrected chi connectivity index (χ4v) is 5.50. The van der Waals surface area contributed by atoms with Crippen LogP contribution in [0.5, 0.6) is 5.75 Å². The van der Waals surface area contributed by atoms with Crippen molar-refractivity contribution in [3.8, 4) is 5.75 Å². The highest BCUT2D eigenvalue weighted by molar-refractivity contribution is 8.18. The van der Waals surface area contributed by atoms with Crippen molar-refractivity contribution < 1.29 is 9.53 Å². The Bertz CT molecular complexity index is 1660. The van der Waals surface area contributed by atoms with Crippen LogP contribution in [0.4, 0.5) is 5.69 Å². The number of nitrogens with zero attached hydrogens (tertiary/aromatic N) is 2. The van der Waals surface area contributed by atoms with Gasteiger partial charge in [-0.3, -0.25) is 9.69 Å². The number of benzene rings is 5. The highest BCUT2D eigenvalue weighted by Gasteiger charge is 2.33. The number of hydrogen-bond acceptors (Lipinski definition) is 4. The number of hydrogen-bond donors (Lipinski definition) is 0. The van der Waals surface area contributed by atoms with Crippen molar-refractivity contribution in [2.75, 3.05) is 0 Å². The fourth-order valence-electron chi connectivity index (χ4n) is 4.50. The number of amides is 1. The summed E-state index contributed by atoms with van der Waals surface area (Å²) in [6.07, 6.45) is 1.92. The zero-order valence-corrected chi connectivity index (χ0v) is 22.1. The molecule has 4 nitrogen and oxygen atoms in total. The molecule has 39 heavy (non-hydrogen) atoms. The first-order valence-corrected chi connectivity index (χ1v) is 13.6. The van der Waals surface area contributed by atoms with Gasteiger partial charge in [0.2, 0.25) is 0 Å². The zero-order chi connectivity index (χ0) is 26.4. The second-order valence-corrected chi connectivity index (χ2v) is 10.2. The van der Waals surface area contributed by atoms with Crippen molar-refractivity contribution in [1.82, 2.24) is 4.90 Å². The van der Waals surface area contributed by atoms with Crippen LogP contribution < -0.4 is 4.74 Å². The predicted molar refractivity (Wildman–Crippen MR) is 161 cm³/mol. The van der Waals surface area contributed by atoms with Crippen LogP contribution in [0.3, 0.4) is 0 Å². The van der Waals surface area contributed by atoms with E-state index in [1.165, 1.54) is 22.5 Å². The Hall–Kier alpha value is -4.61. The molecule has 0 saturated carbocycles. The van der Waals surface area contributed by atoms with Crippen molar-refractivity contribution in [2.45, 2.75) is 13.2 Å². The molecule has 1 amide bonds. The van der Waals surface area contributed by atoms with Gasteiger partial charge in [0.15, 0.2) is 5.17 Å². The van der Waals surface area contributed by atoms with Crippen molar-refractivity contribution in [3.63, 3.8) is 0 Å². The topological polar surface area (TPSA) is 41.9 Å². The van der Waals surface area contributed by atoms with Gasteiger partial charge in [-0.25, -0.2) is 4.99 Å². The summed E-state index contributed by atoms with van der Waals surface area (Å²) in [6, 6.07) is 42.2. The molecule has 0 spiro atoms. The maximum Gasteiger partial charge on any atom is 0.267 e. The van der Waals surface area contributed by atoms with E-state index in [9.17, 15) is 4.79 Å². The summed E-state index contributed by atoms with van der Waals surface area (Å²) >= 11 is 1.40. The summed E-state index contributed by atoms with van der Waals surface area (Å²) in [5.74, 6) is 0.738. The number of ether oxygens (including phenoxy) is 1. The lowest BCUT2D eigenvalue weighted by molar-refractivity contribution is -0.122. The van der Waals surface area contributed by atoms with Crippen LogP contribution in [0, 0.1) is 0 Å². The Morgan fingerprint density at radius 2 is 1.44 bits per heavy atom. The second-order valence-electron chi connectivity index (χ2n) is 9.21. The number of para-hydroxylation sites is 1. The van der Waals surface area contributed by atoms with Crippen LogP contribution in [0.15, 0.2) is 137 Å². The van der Waals surface area contributed by atoms with Crippen LogP contribution in [0.1, 0.15) is 16.7 Å². The Labute approximate surface area is 232 Å². The molecule has 0 N–H and O–H groups in total. The lowest BCUT2D eigenvalue weighted by Crippen LogP contribution is -2.28. The van der Waals surface area contributed by atoms with E-state index < -0.39 is 0 Å². The quantitative estimate of drug-likeness (QED) is 0.201. The van der Waals surface area contributed by atoms with Crippen molar-refractivity contribution in [1.29, 1.82) is 0 Å². The zero-order valence-electron chi connectivity index (χ0n) is 21.2. The standard InChI is InChI=1S/C34H26N2O2S/c37-33-32(39-34(35-29-15-5-2-6-16-29)36(33)23-26-10-3-1-4-11-26)22-25-18-20-30(21-19-25)38-24-28-14-9-13-27-12-7-8-17-31(27)28/h1-22H,23-24H2. The third-order valence-corrected chi connectivity index (χ3v) is 7.51. The summed E-state index contributed by atoms with van der Waals surface area (Å²) in [4.78, 5) is 20.7. The Morgan fingerprint density at radius 3 is 2.23 bits per heavy atom. The molecule has 5 aromatic carbocycles. The van der Waals surface area contributed by atoms with E-state index in [2.05, 4.69) is 30.3 Å². The SMILES string of the molecule is O=C1C(=Cc2ccc(OCc3cccc4ccccc34)cc2)SC(=Nc2ccccc2)N1Cc1ccccc1. The lowest BCUT2D eigenvalue weighted by atomic mass is 10.1. The number of carbonyl (C=O) groups excluding carboxylic acids is 1. The lowest BCUT2D eigenvalue weighted by Gasteiger charge is -2.15. The molecule has 0 radical (unpaired) electrons. The highest BCUT2D eigenvalue weighted by Crippen LogP contribution is 2.35. The number of rotatable bonds is 7. The van der Waals surface area contributed by atoms with Gasteiger partial charge in [-0.1, -0.05) is 103 Å². The van der Waals surface area contributed by atoms with Crippen LogP contribution in [0.2, 0.25) is 0 Å². The average molecular weight is 527 g/mol. The molecular weight excluding hydrogens is 500 g/mol. The van der Waals surface area contributed by atoms with Gasteiger partial charge >= 0.3 is 0 Å². The molecule has 5 aromatic rings. The molecule has 1 aliphatic rings. The van der Waals surface area contributed by atoms with Gasteiger partial charge in [0.1, 0.15) is 12.4 Å². The van der Waals surface area contributed by atoms with Gasteiger partial charge in [0, 0.05) is 0 Å². The van der Waals surface area contributed by atoms with E-state index in [1.807, 2.05) is 103 Å². The molecule has 6 rings (SSSR count). The number of fused-ring (bicyclic) bond motifs is 1. The molecule has 1 heterocycles. The molecule has 0 unspecified atom stereocenters. The Kier molecular flexibility index (Phi) is 7.23. The first kappa shape index (κ1) is 24.7. The van der Waals surface area contributed by atoms with E-state index in [1.54, 1.807) is 4.90 Å². The smallest absolute Gasteiger partial charge is 0.267 e. The summed E-state index contributed by atoms with van der Waals surface area (Å²) < 4.78 is 6.09. The molecule has 0 atom stereocenters. The number of carbonyl (C=O) groups is 1. The van der Waals surface area contributed by atoms with Crippen LogP contribution in [0.25, 0.3) is 16.8 Å². The van der Waals surface area contributed by atoms with Gasteiger partial charge in [-0.2, -0.15) is 0 Å². The minimum atomic E-state index is -0.0465. The Balaban J connectivity index is 1.20. The first-order valence-electron chi connectivity index (χ1n) is 12.8. The van der Waals surface area contributed by atoms with E-state index in [0.29, 0.717) is 23.2 Å². The predicted octanol–water partition coefficient (Wildman–Crippen LogP) is 8.22. The van der Waals surface area contributed by atoms with E-state index in [0.717, 1.165) is 28.1 Å². The highest BCUT2D eigenvalue weighted by atomic mass is 32.2. The summed E-state index contributed by atoms with van der Waals surface area (Å²) in [6.45, 7) is 0.959. The Morgan fingerprint density at radius 1 is 0.744 bits per heavy atom. The van der Waals surface area contributed by atoms with Gasteiger partial charge < -0.3 is 4.74 Å². The van der Waals surface area contributed by atoms with Crippen LogP contribution >= 0.6 is 11.8 Å². The maximum atomic E-state index is 13.5. The maximum absolute atomic E-state index is 13.5. The molecule has 1 aliphatic heterocycles. The molecule has 5 heteroatoms. The number of aliphatic imine (C=N–C) groups is 1. The largest absolute Gasteiger partial charge is 0.489 e. The molecular formula is C34H26N2O2S. The average Bonchev–Trinajstić information content (AvgIpc) is 3.26. The van der Waals surface area contributed by atoms with Crippen LogP contribution in [-0.4, -0.2) is 16.0 Å². The molecule has 0 aliphatic carbocycles. The summed E-state index contributed by atoms with van der Waals surface area (Å²) in [7, 11) is 0. The molecule has 1 fully saturated rings. The summed E-state index contributed by atoms with van der Waals surface area (Å²) in [5, 5.41) is 3.08. The van der Waals surface area contributed by atoms with E-state index in [4.69, 9.17) is 9.73 Å². The monoisotopic (exact) mass is 526 g/mol. The number of thioether (sulfide) groups is 1. The van der Waals surface area contributed by atoms with Gasteiger partial charge in [-0.15, -0.1) is 0 Å². The third kappa shape index (κ3) is 5.79. The second kappa shape index (κ2) is 11.4. The molecule has 190 valence electrons. The molecule has 0 bridgehead atoms. The van der Waals surface area contributed by atoms with Gasteiger partial charge in [-0.05, 0) is 69.6 Å². The molecule has 1 saturated heterocycles. The summed E-state index contributed by atoms with van der Waals surface area (Å²) in [5.41, 5.74) is 3.96.